The van der Waals surface area contributed by atoms with E-state index in [0.29, 0.717) is 22.7 Å². The van der Waals surface area contributed by atoms with E-state index in [-0.39, 0.29) is 19.2 Å². The number of nitrogen functional groups attached to an aromatic ring is 1. The highest BCUT2D eigenvalue weighted by molar-refractivity contribution is 5.91. The van der Waals surface area contributed by atoms with Crippen LogP contribution in [0.2, 0.25) is 0 Å². The summed E-state index contributed by atoms with van der Waals surface area (Å²) in [6.45, 7) is 3.80. The molecule has 0 saturated carbocycles. The molecule has 0 unspecified atom stereocenters. The molecule has 0 aliphatic carbocycles. The minimum Gasteiger partial charge on any atom is -0.487 e. The number of carbonyl (C=O) groups is 1. The third kappa shape index (κ3) is 4.41. The van der Waals surface area contributed by atoms with Crippen molar-refractivity contribution in [1.29, 1.82) is 0 Å². The normalized spacial score (nSPS) is 10.4. The first-order valence-electron chi connectivity index (χ1n) is 8.67. The Labute approximate surface area is 158 Å². The quantitative estimate of drug-likeness (QED) is 0.671. The minimum atomic E-state index is -0.479. The molecule has 6 heteroatoms. The maximum atomic E-state index is 12.2. The van der Waals surface area contributed by atoms with Crippen LogP contribution >= 0.6 is 0 Å². The Morgan fingerprint density at radius 3 is 2.33 bits per heavy atom. The Kier molecular flexibility index (Phi) is 5.66. The molecule has 0 bridgehead atoms. The highest BCUT2D eigenvalue weighted by Crippen LogP contribution is 2.23. The van der Waals surface area contributed by atoms with Crippen LogP contribution in [0.25, 0.3) is 11.1 Å². The zero-order valence-corrected chi connectivity index (χ0v) is 15.3. The van der Waals surface area contributed by atoms with Crippen LogP contribution in [0.4, 0.5) is 5.95 Å². The van der Waals surface area contributed by atoms with E-state index < -0.39 is 5.97 Å². The van der Waals surface area contributed by atoms with Crippen LogP contribution in [-0.2, 0) is 11.3 Å². The molecule has 0 fully saturated rings. The van der Waals surface area contributed by atoms with Crippen molar-refractivity contribution < 1.29 is 14.3 Å². The highest BCUT2D eigenvalue weighted by atomic mass is 16.5. The minimum absolute atomic E-state index is 0.0897. The van der Waals surface area contributed by atoms with Gasteiger partial charge in [0.1, 0.15) is 17.9 Å². The number of carbonyl (C=O) groups excluding carboxylic acids is 1. The lowest BCUT2D eigenvalue weighted by molar-refractivity contribution is 0.0521. The fourth-order valence-corrected chi connectivity index (χ4v) is 2.75. The van der Waals surface area contributed by atoms with Crippen molar-refractivity contribution in [2.75, 3.05) is 12.3 Å². The van der Waals surface area contributed by atoms with Gasteiger partial charge in [0.25, 0.3) is 0 Å². The fourth-order valence-electron chi connectivity index (χ4n) is 2.75. The van der Waals surface area contributed by atoms with Gasteiger partial charge < -0.3 is 15.2 Å². The van der Waals surface area contributed by atoms with Gasteiger partial charge in [-0.3, -0.25) is 0 Å². The summed E-state index contributed by atoms with van der Waals surface area (Å²) in [6.07, 6.45) is 0. The number of aryl methyl sites for hydroxylation is 1. The molecule has 3 rings (SSSR count). The monoisotopic (exact) mass is 363 g/mol. The summed E-state index contributed by atoms with van der Waals surface area (Å²) in [6, 6.07) is 17.8. The van der Waals surface area contributed by atoms with Crippen LogP contribution in [0.3, 0.4) is 0 Å². The zero-order chi connectivity index (χ0) is 19.2. The Bertz CT molecular complexity index is 925. The first-order valence-corrected chi connectivity index (χ1v) is 8.67. The summed E-state index contributed by atoms with van der Waals surface area (Å²) in [5.41, 5.74) is 9.13. The van der Waals surface area contributed by atoms with Gasteiger partial charge in [-0.15, -0.1) is 0 Å². The van der Waals surface area contributed by atoms with Gasteiger partial charge in [-0.1, -0.05) is 42.5 Å². The second kappa shape index (κ2) is 8.31. The van der Waals surface area contributed by atoms with E-state index in [4.69, 9.17) is 15.2 Å². The van der Waals surface area contributed by atoms with E-state index in [1.165, 1.54) is 0 Å². The average Bonchev–Trinajstić information content (AvgIpc) is 2.67. The summed E-state index contributed by atoms with van der Waals surface area (Å²) in [5, 5.41) is 0. The summed E-state index contributed by atoms with van der Waals surface area (Å²) in [7, 11) is 0. The van der Waals surface area contributed by atoms with Crippen molar-refractivity contribution >= 4 is 11.9 Å². The molecule has 0 atom stereocenters. The fraction of sp³-hybridized carbons (Fsp3) is 0.190. The van der Waals surface area contributed by atoms with Crippen LogP contribution in [0.1, 0.15) is 28.7 Å². The smallest absolute Gasteiger partial charge is 0.341 e. The lowest BCUT2D eigenvalue weighted by Gasteiger charge is -2.12. The highest BCUT2D eigenvalue weighted by Gasteiger charge is 2.19. The number of rotatable bonds is 6. The maximum Gasteiger partial charge on any atom is 0.341 e. The van der Waals surface area contributed by atoms with E-state index in [2.05, 4.69) is 9.97 Å². The van der Waals surface area contributed by atoms with E-state index in [0.717, 1.165) is 11.1 Å². The summed E-state index contributed by atoms with van der Waals surface area (Å²) in [4.78, 5) is 20.4. The van der Waals surface area contributed by atoms with Crippen molar-refractivity contribution in [3.05, 3.63) is 71.5 Å². The molecule has 138 valence electrons. The number of esters is 1. The van der Waals surface area contributed by atoms with Crippen molar-refractivity contribution in [1.82, 2.24) is 9.97 Å². The molecule has 0 radical (unpaired) electrons. The molecule has 0 spiro atoms. The van der Waals surface area contributed by atoms with E-state index in [1.54, 1.807) is 13.8 Å². The molecular weight excluding hydrogens is 342 g/mol. The number of hydrogen-bond donors (Lipinski definition) is 1. The summed E-state index contributed by atoms with van der Waals surface area (Å²) >= 11 is 0. The van der Waals surface area contributed by atoms with Crippen LogP contribution in [0.15, 0.2) is 54.6 Å². The van der Waals surface area contributed by atoms with Gasteiger partial charge in [0.15, 0.2) is 0 Å². The third-order valence-corrected chi connectivity index (χ3v) is 4.00. The number of nitrogens with zero attached hydrogens (tertiary/aromatic N) is 2. The topological polar surface area (TPSA) is 87.3 Å². The number of anilines is 1. The zero-order valence-electron chi connectivity index (χ0n) is 15.3. The lowest BCUT2D eigenvalue weighted by Crippen LogP contribution is -2.16. The van der Waals surface area contributed by atoms with Crippen LogP contribution < -0.4 is 10.5 Å². The van der Waals surface area contributed by atoms with Crippen molar-refractivity contribution in [2.24, 2.45) is 0 Å². The summed E-state index contributed by atoms with van der Waals surface area (Å²) in [5.74, 6) is 0.283. The van der Waals surface area contributed by atoms with Gasteiger partial charge in [-0.05, 0) is 37.1 Å². The number of hydrogen-bond acceptors (Lipinski definition) is 6. The van der Waals surface area contributed by atoms with Gasteiger partial charge in [0, 0.05) is 0 Å². The Morgan fingerprint density at radius 2 is 1.67 bits per heavy atom. The molecule has 0 aliphatic heterocycles. The number of nitrogens with two attached hydrogens (primary N) is 1. The molecule has 0 saturated heterocycles. The standard InChI is InChI=1S/C21H21N3O3/c1-3-26-20(25)19-14(2)23-21(22)24-18(19)13-27-17-11-9-16(10-12-17)15-7-5-4-6-8-15/h4-12H,3,13H2,1-2H3,(H2,22,23,24). The van der Waals surface area contributed by atoms with Crippen molar-refractivity contribution in [3.63, 3.8) is 0 Å². The van der Waals surface area contributed by atoms with Gasteiger partial charge in [0.2, 0.25) is 5.95 Å². The molecule has 3 aromatic rings. The third-order valence-electron chi connectivity index (χ3n) is 4.00. The predicted molar refractivity (Wildman–Crippen MR) is 103 cm³/mol. The molecule has 2 N–H and O–H groups in total. The van der Waals surface area contributed by atoms with Crippen LogP contribution in [-0.4, -0.2) is 22.5 Å². The molecular formula is C21H21N3O3. The molecule has 1 aromatic heterocycles. The maximum absolute atomic E-state index is 12.2. The molecule has 2 aromatic carbocycles. The average molecular weight is 363 g/mol. The van der Waals surface area contributed by atoms with Crippen LogP contribution in [0, 0.1) is 6.92 Å². The van der Waals surface area contributed by atoms with E-state index >= 15 is 0 Å². The van der Waals surface area contributed by atoms with Gasteiger partial charge in [0.05, 0.1) is 18.0 Å². The molecule has 0 amide bonds. The second-order valence-corrected chi connectivity index (χ2v) is 5.89. The molecule has 1 heterocycles. The van der Waals surface area contributed by atoms with Crippen molar-refractivity contribution in [2.45, 2.75) is 20.5 Å². The second-order valence-electron chi connectivity index (χ2n) is 5.89. The molecule has 6 nitrogen and oxygen atoms in total. The predicted octanol–water partition coefficient (Wildman–Crippen LogP) is 3.79. The molecule has 27 heavy (non-hydrogen) atoms. The van der Waals surface area contributed by atoms with Gasteiger partial charge >= 0.3 is 5.97 Å². The van der Waals surface area contributed by atoms with Gasteiger partial charge in [-0.25, -0.2) is 14.8 Å². The van der Waals surface area contributed by atoms with E-state index in [9.17, 15) is 4.79 Å². The van der Waals surface area contributed by atoms with Crippen LogP contribution in [0.5, 0.6) is 5.75 Å². The van der Waals surface area contributed by atoms with E-state index in [1.807, 2.05) is 54.6 Å². The Morgan fingerprint density at radius 1 is 1.00 bits per heavy atom. The SMILES string of the molecule is CCOC(=O)c1c(C)nc(N)nc1COc1ccc(-c2ccccc2)cc1. The Hall–Kier alpha value is -3.41. The van der Waals surface area contributed by atoms with Crippen molar-refractivity contribution in [3.8, 4) is 16.9 Å². The lowest BCUT2D eigenvalue weighted by atomic mass is 10.1. The Balaban J connectivity index is 1.77. The first kappa shape index (κ1) is 18.4. The number of benzene rings is 2. The number of aromatic nitrogens is 2. The van der Waals surface area contributed by atoms with Gasteiger partial charge in [-0.2, -0.15) is 0 Å². The number of ether oxygens (including phenoxy) is 2. The molecule has 0 aliphatic rings. The summed E-state index contributed by atoms with van der Waals surface area (Å²) < 4.78 is 10.9. The first-order chi connectivity index (χ1) is 13.1. The largest absolute Gasteiger partial charge is 0.487 e.